The van der Waals surface area contributed by atoms with Gasteiger partial charge in [-0.2, -0.15) is 0 Å². The van der Waals surface area contributed by atoms with Crippen molar-refractivity contribution in [3.63, 3.8) is 0 Å². The molecule has 3 aromatic rings. The van der Waals surface area contributed by atoms with Crippen LogP contribution in [0, 0.1) is 0 Å². The highest BCUT2D eigenvalue weighted by atomic mass is 79.9. The first-order chi connectivity index (χ1) is 18.3. The second-order valence-electron chi connectivity index (χ2n) is 10.1. The summed E-state index contributed by atoms with van der Waals surface area (Å²) in [5, 5.41) is 3.40. The van der Waals surface area contributed by atoms with Crippen LogP contribution in [0.25, 0.3) is 0 Å². The maximum Gasteiger partial charge on any atom is 0.264 e. The number of rotatable bonds is 10. The molecule has 0 saturated carbocycles. The lowest BCUT2D eigenvalue weighted by Gasteiger charge is -2.35. The smallest absolute Gasteiger partial charge is 0.264 e. The van der Waals surface area contributed by atoms with Crippen molar-refractivity contribution in [2.75, 3.05) is 10.8 Å². The van der Waals surface area contributed by atoms with Crippen LogP contribution in [0.1, 0.15) is 39.7 Å². The number of anilines is 1. The molecule has 0 aromatic heterocycles. The van der Waals surface area contributed by atoms with E-state index in [4.69, 9.17) is 11.6 Å². The van der Waals surface area contributed by atoms with Gasteiger partial charge < -0.3 is 10.2 Å². The molecule has 3 rings (SSSR count). The van der Waals surface area contributed by atoms with E-state index in [1.165, 1.54) is 17.0 Å². The molecule has 1 N–H and O–H groups in total. The van der Waals surface area contributed by atoms with E-state index in [1.54, 1.807) is 66.7 Å². The normalized spacial score (nSPS) is 12.5. The van der Waals surface area contributed by atoms with E-state index >= 15 is 0 Å². The maximum atomic E-state index is 14.0. The van der Waals surface area contributed by atoms with Gasteiger partial charge in [0.2, 0.25) is 11.8 Å². The van der Waals surface area contributed by atoms with Crippen LogP contribution in [0.15, 0.2) is 88.2 Å². The van der Waals surface area contributed by atoms with Crippen molar-refractivity contribution < 1.29 is 18.0 Å². The quantitative estimate of drug-likeness (QED) is 0.296. The van der Waals surface area contributed by atoms with Gasteiger partial charge in [0.05, 0.1) is 10.6 Å². The van der Waals surface area contributed by atoms with E-state index in [-0.39, 0.29) is 17.3 Å². The summed E-state index contributed by atoms with van der Waals surface area (Å²) in [4.78, 5) is 28.9. The van der Waals surface area contributed by atoms with Crippen LogP contribution < -0.4 is 9.62 Å². The summed E-state index contributed by atoms with van der Waals surface area (Å²) in [5.41, 5.74) is 0.444. The van der Waals surface area contributed by atoms with E-state index in [1.807, 2.05) is 27.7 Å². The molecule has 3 aromatic carbocycles. The van der Waals surface area contributed by atoms with Crippen molar-refractivity contribution in [3.05, 3.63) is 93.9 Å². The molecule has 2 amide bonds. The molecule has 208 valence electrons. The second kappa shape index (κ2) is 13.0. The number of amides is 2. The molecule has 0 saturated heterocycles. The van der Waals surface area contributed by atoms with Crippen LogP contribution in [0.2, 0.25) is 5.02 Å². The molecule has 0 aliphatic rings. The molecule has 1 atom stereocenters. The summed E-state index contributed by atoms with van der Waals surface area (Å²) in [6, 6.07) is 20.8. The molecular weight excluding hydrogens is 602 g/mol. The van der Waals surface area contributed by atoms with Gasteiger partial charge in [-0.15, -0.1) is 0 Å². The highest BCUT2D eigenvalue weighted by molar-refractivity contribution is 9.10. The number of nitrogens with zero attached hydrogens (tertiary/aromatic N) is 2. The summed E-state index contributed by atoms with van der Waals surface area (Å²) in [6.07, 6.45) is 0.321. The highest BCUT2D eigenvalue weighted by Crippen LogP contribution is 2.27. The molecule has 0 aliphatic heterocycles. The minimum absolute atomic E-state index is 0.0359. The van der Waals surface area contributed by atoms with E-state index in [0.717, 1.165) is 8.78 Å². The van der Waals surface area contributed by atoms with E-state index in [2.05, 4.69) is 21.2 Å². The highest BCUT2D eigenvalue weighted by Gasteiger charge is 2.34. The Bertz CT molecular complexity index is 1390. The topological polar surface area (TPSA) is 86.8 Å². The van der Waals surface area contributed by atoms with Crippen LogP contribution in [0.3, 0.4) is 0 Å². The number of carbonyl (C=O) groups excluding carboxylic acids is 2. The summed E-state index contributed by atoms with van der Waals surface area (Å²) in [6.45, 7) is 6.92. The zero-order chi connectivity index (χ0) is 28.8. The first-order valence-electron chi connectivity index (χ1n) is 12.5. The van der Waals surface area contributed by atoms with Gasteiger partial charge in [-0.1, -0.05) is 70.9 Å². The largest absolute Gasteiger partial charge is 0.350 e. The van der Waals surface area contributed by atoms with Crippen molar-refractivity contribution >= 4 is 55.1 Å². The van der Waals surface area contributed by atoms with E-state index < -0.39 is 34.1 Å². The number of benzene rings is 3. The van der Waals surface area contributed by atoms with Crippen molar-refractivity contribution in [2.24, 2.45) is 0 Å². The number of halogens is 2. The molecule has 10 heteroatoms. The Morgan fingerprint density at radius 3 is 2.10 bits per heavy atom. The first kappa shape index (κ1) is 30.7. The van der Waals surface area contributed by atoms with Gasteiger partial charge in [0.15, 0.2) is 0 Å². The van der Waals surface area contributed by atoms with Crippen molar-refractivity contribution in [3.8, 4) is 0 Å². The lowest BCUT2D eigenvalue weighted by atomic mass is 10.1. The van der Waals surface area contributed by atoms with Gasteiger partial charge in [-0.3, -0.25) is 13.9 Å². The van der Waals surface area contributed by atoms with Crippen molar-refractivity contribution in [1.82, 2.24) is 10.2 Å². The summed E-state index contributed by atoms with van der Waals surface area (Å²) >= 11 is 9.80. The van der Waals surface area contributed by atoms with Gasteiger partial charge >= 0.3 is 0 Å². The average molecular weight is 635 g/mol. The first-order valence-corrected chi connectivity index (χ1v) is 15.1. The van der Waals surface area contributed by atoms with Crippen LogP contribution in [-0.2, 0) is 26.2 Å². The number of hydrogen-bond acceptors (Lipinski definition) is 4. The Balaban J connectivity index is 2.07. The molecule has 0 spiro atoms. The fraction of sp³-hybridized carbons (Fsp3) is 0.310. The Morgan fingerprint density at radius 1 is 0.949 bits per heavy atom. The van der Waals surface area contributed by atoms with Gasteiger partial charge in [-0.25, -0.2) is 8.42 Å². The van der Waals surface area contributed by atoms with Crippen molar-refractivity contribution in [2.45, 2.75) is 57.1 Å². The Labute approximate surface area is 244 Å². The van der Waals surface area contributed by atoms with Crippen LogP contribution in [0.4, 0.5) is 5.69 Å². The fourth-order valence-electron chi connectivity index (χ4n) is 4.04. The molecule has 0 aliphatic carbocycles. The molecule has 39 heavy (non-hydrogen) atoms. The predicted molar refractivity (Wildman–Crippen MR) is 159 cm³/mol. The summed E-state index contributed by atoms with van der Waals surface area (Å²) < 4.78 is 29.4. The minimum atomic E-state index is -4.11. The van der Waals surface area contributed by atoms with Gasteiger partial charge in [0.1, 0.15) is 12.6 Å². The van der Waals surface area contributed by atoms with Crippen molar-refractivity contribution in [1.29, 1.82) is 0 Å². The molecule has 0 heterocycles. The molecule has 0 fully saturated rings. The van der Waals surface area contributed by atoms with Crippen LogP contribution >= 0.6 is 27.5 Å². The molecular formula is C29H33BrClN3O4S. The maximum absolute atomic E-state index is 14.0. The lowest BCUT2D eigenvalue weighted by Crippen LogP contribution is -2.55. The lowest BCUT2D eigenvalue weighted by molar-refractivity contribution is -0.141. The number of sulfonamides is 1. The van der Waals surface area contributed by atoms with E-state index in [0.29, 0.717) is 22.7 Å². The Kier molecular flexibility index (Phi) is 10.2. The third-order valence-corrected chi connectivity index (χ3v) is 8.59. The van der Waals surface area contributed by atoms with Crippen LogP contribution in [0.5, 0.6) is 0 Å². The SMILES string of the molecule is CC[C@H](C(=O)NC(C)(C)C)N(Cc1ccccc1Cl)C(=O)CN(c1ccc(Br)cc1)S(=O)(=O)c1ccccc1. The summed E-state index contributed by atoms with van der Waals surface area (Å²) in [7, 11) is -4.11. The van der Waals surface area contributed by atoms with E-state index in [9.17, 15) is 18.0 Å². The minimum Gasteiger partial charge on any atom is -0.350 e. The third-order valence-electron chi connectivity index (χ3n) is 5.91. The number of nitrogens with one attached hydrogen (secondary N) is 1. The fourth-order valence-corrected chi connectivity index (χ4v) is 5.93. The number of hydrogen-bond donors (Lipinski definition) is 1. The van der Waals surface area contributed by atoms with Crippen LogP contribution in [-0.4, -0.2) is 43.3 Å². The van der Waals surface area contributed by atoms with Gasteiger partial charge in [0.25, 0.3) is 10.0 Å². The molecule has 7 nitrogen and oxygen atoms in total. The Morgan fingerprint density at radius 2 is 1.54 bits per heavy atom. The van der Waals surface area contributed by atoms with Gasteiger partial charge in [-0.05, 0) is 75.2 Å². The zero-order valence-corrected chi connectivity index (χ0v) is 25.6. The molecule has 0 bridgehead atoms. The monoisotopic (exact) mass is 633 g/mol. The zero-order valence-electron chi connectivity index (χ0n) is 22.4. The molecule has 0 unspecified atom stereocenters. The Hall–Kier alpha value is -2.88. The van der Waals surface area contributed by atoms with Gasteiger partial charge in [0, 0.05) is 21.6 Å². The standard InChI is InChI=1S/C29H33BrClN3O4S/c1-5-26(28(36)32-29(2,3)4)33(19-21-11-9-10-14-25(21)31)27(35)20-34(23-17-15-22(30)16-18-23)39(37,38)24-12-7-6-8-13-24/h6-18,26H,5,19-20H2,1-4H3,(H,32,36)/t26-/m1/s1. The predicted octanol–water partition coefficient (Wildman–Crippen LogP) is 6.02. The second-order valence-corrected chi connectivity index (χ2v) is 13.3. The summed E-state index contributed by atoms with van der Waals surface area (Å²) in [5.74, 6) is -0.861. The average Bonchev–Trinajstić information content (AvgIpc) is 2.88. The number of carbonyl (C=O) groups is 2. The third kappa shape index (κ3) is 8.06. The molecule has 0 radical (unpaired) electrons.